The van der Waals surface area contributed by atoms with Crippen LogP contribution in [-0.4, -0.2) is 37.2 Å². The molecular formula is C72H118O6. The minimum absolute atomic E-state index is 0.0964. The lowest BCUT2D eigenvalue weighted by Gasteiger charge is -2.18. The minimum Gasteiger partial charge on any atom is -0.462 e. The number of hydrogen-bond acceptors (Lipinski definition) is 6. The molecule has 0 aliphatic carbocycles. The summed E-state index contributed by atoms with van der Waals surface area (Å²) in [5.74, 6) is -0.930. The molecule has 0 radical (unpaired) electrons. The number of ether oxygens (including phenoxy) is 3. The number of rotatable bonds is 57. The molecule has 6 heteroatoms. The van der Waals surface area contributed by atoms with Gasteiger partial charge in [0, 0.05) is 19.3 Å². The van der Waals surface area contributed by atoms with Crippen molar-refractivity contribution in [3.05, 3.63) is 134 Å². The molecule has 6 nitrogen and oxygen atoms in total. The van der Waals surface area contributed by atoms with E-state index in [0.29, 0.717) is 19.3 Å². The fraction of sp³-hybridized carbons (Fsp3) is 0.653. The number of carbonyl (C=O) groups is 3. The van der Waals surface area contributed by atoms with Gasteiger partial charge in [-0.2, -0.15) is 0 Å². The first-order chi connectivity index (χ1) is 38.5. The quantitative estimate of drug-likeness (QED) is 0.0261. The first-order valence-corrected chi connectivity index (χ1v) is 32.2. The van der Waals surface area contributed by atoms with E-state index in [1.54, 1.807) is 0 Å². The van der Waals surface area contributed by atoms with Crippen LogP contribution in [0.1, 0.15) is 284 Å². The van der Waals surface area contributed by atoms with E-state index in [9.17, 15) is 14.4 Å². The average Bonchev–Trinajstić information content (AvgIpc) is 3.44. The molecular weight excluding hydrogens is 961 g/mol. The zero-order valence-corrected chi connectivity index (χ0v) is 50.6. The molecule has 78 heavy (non-hydrogen) atoms. The summed E-state index contributed by atoms with van der Waals surface area (Å²) in [6.07, 6.45) is 91.6. The van der Waals surface area contributed by atoms with E-state index in [4.69, 9.17) is 14.2 Å². The smallest absolute Gasteiger partial charge is 0.306 e. The largest absolute Gasteiger partial charge is 0.462 e. The lowest BCUT2D eigenvalue weighted by Crippen LogP contribution is -2.30. The zero-order valence-electron chi connectivity index (χ0n) is 50.6. The van der Waals surface area contributed by atoms with Crippen LogP contribution in [0.4, 0.5) is 0 Å². The second kappa shape index (κ2) is 65.1. The van der Waals surface area contributed by atoms with Crippen molar-refractivity contribution in [2.75, 3.05) is 13.2 Å². The standard InChI is InChI=1S/C72H118O6/c1-4-7-10-13-16-19-22-25-28-31-33-35-36-38-39-41-44-47-50-53-56-59-62-65-71(74)77-68-69(67-76-70(73)64-61-58-55-52-49-46-43-30-27-24-21-18-15-12-9-6-3)78-72(75)66-63-60-57-54-51-48-45-42-40-37-34-32-29-26-23-20-17-14-11-8-5-2/h7-8,10-11,16-17,19-21,24-26,28-30,33-35,37,42-43,45,69H,4-6,9,12-15,18,22-23,27,31-32,36,38-41,44,46-68H2,1-3H3/b10-7-,11-8-,19-16-,20-17-,24-21-,28-25-,29-26-,35-33-,37-34-,43-30-,45-42-. The van der Waals surface area contributed by atoms with Crippen molar-refractivity contribution in [2.24, 2.45) is 0 Å². The summed E-state index contributed by atoms with van der Waals surface area (Å²) in [6.45, 7) is 6.38. The van der Waals surface area contributed by atoms with Crippen LogP contribution in [0.2, 0.25) is 0 Å². The third kappa shape index (κ3) is 62.4. The molecule has 0 saturated carbocycles. The number of unbranched alkanes of at least 4 members (excludes halogenated alkanes) is 24. The van der Waals surface area contributed by atoms with E-state index < -0.39 is 6.10 Å². The van der Waals surface area contributed by atoms with Gasteiger partial charge in [0.05, 0.1) is 0 Å². The molecule has 0 aromatic rings. The molecule has 0 aliphatic heterocycles. The van der Waals surface area contributed by atoms with Gasteiger partial charge in [0.2, 0.25) is 0 Å². The van der Waals surface area contributed by atoms with E-state index in [-0.39, 0.29) is 31.1 Å². The summed E-state index contributed by atoms with van der Waals surface area (Å²) in [6, 6.07) is 0. The molecule has 0 bridgehead atoms. The Morgan fingerprint density at radius 3 is 0.782 bits per heavy atom. The topological polar surface area (TPSA) is 78.9 Å². The molecule has 0 N–H and O–H groups in total. The van der Waals surface area contributed by atoms with Crippen LogP contribution in [0, 0.1) is 0 Å². The third-order valence-electron chi connectivity index (χ3n) is 13.4. The van der Waals surface area contributed by atoms with Gasteiger partial charge in [-0.15, -0.1) is 0 Å². The fourth-order valence-electron chi connectivity index (χ4n) is 8.61. The number of allylic oxidation sites excluding steroid dienone is 22. The Kier molecular flexibility index (Phi) is 61.4. The van der Waals surface area contributed by atoms with Gasteiger partial charge in [-0.25, -0.2) is 0 Å². The Hall–Kier alpha value is -4.45. The van der Waals surface area contributed by atoms with Crippen LogP contribution >= 0.6 is 0 Å². The second-order valence-electron chi connectivity index (χ2n) is 20.9. The first kappa shape index (κ1) is 73.5. The van der Waals surface area contributed by atoms with Crippen molar-refractivity contribution < 1.29 is 28.6 Å². The highest BCUT2D eigenvalue weighted by Gasteiger charge is 2.19. The molecule has 0 amide bonds. The van der Waals surface area contributed by atoms with Gasteiger partial charge in [0.15, 0.2) is 6.10 Å². The highest BCUT2D eigenvalue weighted by atomic mass is 16.6. The molecule has 442 valence electrons. The lowest BCUT2D eigenvalue weighted by molar-refractivity contribution is -0.167. The van der Waals surface area contributed by atoms with E-state index in [2.05, 4.69) is 154 Å². The van der Waals surface area contributed by atoms with Crippen LogP contribution in [0.5, 0.6) is 0 Å². The molecule has 0 heterocycles. The summed E-state index contributed by atoms with van der Waals surface area (Å²) in [5, 5.41) is 0. The van der Waals surface area contributed by atoms with Crippen molar-refractivity contribution in [1.29, 1.82) is 0 Å². The van der Waals surface area contributed by atoms with Crippen molar-refractivity contribution in [3.63, 3.8) is 0 Å². The number of hydrogen-bond donors (Lipinski definition) is 0. The molecule has 1 unspecified atom stereocenters. The van der Waals surface area contributed by atoms with Gasteiger partial charge in [0.25, 0.3) is 0 Å². The maximum absolute atomic E-state index is 12.9. The van der Waals surface area contributed by atoms with Gasteiger partial charge >= 0.3 is 17.9 Å². The summed E-state index contributed by atoms with van der Waals surface area (Å²) >= 11 is 0. The molecule has 0 spiro atoms. The minimum atomic E-state index is -0.803. The summed E-state index contributed by atoms with van der Waals surface area (Å²) in [5.41, 5.74) is 0. The molecule has 0 aliphatic rings. The summed E-state index contributed by atoms with van der Waals surface area (Å²) in [7, 11) is 0. The fourth-order valence-corrected chi connectivity index (χ4v) is 8.61. The zero-order chi connectivity index (χ0) is 56.4. The summed E-state index contributed by atoms with van der Waals surface area (Å²) < 4.78 is 16.9. The summed E-state index contributed by atoms with van der Waals surface area (Å²) in [4.78, 5) is 38.4. The van der Waals surface area contributed by atoms with Crippen molar-refractivity contribution >= 4 is 17.9 Å². The Labute approximate surface area is 481 Å². The molecule has 0 aromatic carbocycles. The average molecular weight is 1080 g/mol. The maximum Gasteiger partial charge on any atom is 0.306 e. The highest BCUT2D eigenvalue weighted by Crippen LogP contribution is 2.15. The van der Waals surface area contributed by atoms with Gasteiger partial charge in [-0.1, -0.05) is 264 Å². The van der Waals surface area contributed by atoms with Crippen LogP contribution in [-0.2, 0) is 28.6 Å². The van der Waals surface area contributed by atoms with E-state index >= 15 is 0 Å². The van der Waals surface area contributed by atoms with Crippen molar-refractivity contribution in [1.82, 2.24) is 0 Å². The van der Waals surface area contributed by atoms with Crippen LogP contribution < -0.4 is 0 Å². The molecule has 0 aromatic heterocycles. The Morgan fingerprint density at radius 2 is 0.500 bits per heavy atom. The highest BCUT2D eigenvalue weighted by molar-refractivity contribution is 5.71. The lowest BCUT2D eigenvalue weighted by atomic mass is 10.1. The van der Waals surface area contributed by atoms with E-state index in [0.717, 1.165) is 161 Å². The van der Waals surface area contributed by atoms with Gasteiger partial charge in [0.1, 0.15) is 13.2 Å². The van der Waals surface area contributed by atoms with Crippen LogP contribution in [0.15, 0.2) is 134 Å². The second-order valence-corrected chi connectivity index (χ2v) is 20.9. The van der Waals surface area contributed by atoms with Crippen LogP contribution in [0.25, 0.3) is 0 Å². The number of carbonyl (C=O) groups excluding carboxylic acids is 3. The Bertz CT molecular complexity index is 1670. The molecule has 1 atom stereocenters. The Morgan fingerprint density at radius 1 is 0.269 bits per heavy atom. The molecule has 0 rings (SSSR count). The maximum atomic E-state index is 12.9. The van der Waals surface area contributed by atoms with Gasteiger partial charge < -0.3 is 14.2 Å². The normalized spacial score (nSPS) is 13.0. The SMILES string of the molecule is CC/C=C\C/C=C\C/C=C\C/C=C\C/C=C\CCCCCCCC(=O)OC(COC(=O)CCCCCCC/C=C\C/C=C\CCCCCC)COC(=O)CCCCCCCCCCCC/C=C\C/C=C\C/C=C\C/C=C\CC. The van der Waals surface area contributed by atoms with Gasteiger partial charge in [-0.05, 0) is 135 Å². The monoisotopic (exact) mass is 1080 g/mol. The Balaban J connectivity index is 4.45. The van der Waals surface area contributed by atoms with Crippen molar-refractivity contribution in [3.8, 4) is 0 Å². The van der Waals surface area contributed by atoms with E-state index in [1.165, 1.54) is 83.5 Å². The van der Waals surface area contributed by atoms with Crippen LogP contribution in [0.3, 0.4) is 0 Å². The van der Waals surface area contributed by atoms with E-state index in [1.807, 2.05) is 0 Å². The van der Waals surface area contributed by atoms with Gasteiger partial charge in [-0.3, -0.25) is 14.4 Å². The molecule has 0 saturated heterocycles. The molecule has 0 fully saturated rings. The third-order valence-corrected chi connectivity index (χ3v) is 13.4. The van der Waals surface area contributed by atoms with Crippen molar-refractivity contribution in [2.45, 2.75) is 290 Å². The first-order valence-electron chi connectivity index (χ1n) is 32.2. The predicted molar refractivity (Wildman–Crippen MR) is 339 cm³/mol. The number of esters is 3. The predicted octanol–water partition coefficient (Wildman–Crippen LogP) is 22.2.